The lowest BCUT2D eigenvalue weighted by atomic mass is 9.99. The number of nitrogens with one attached hydrogen (secondary N) is 1. The van der Waals surface area contributed by atoms with E-state index in [1.807, 2.05) is 26.0 Å². The second-order valence-electron chi connectivity index (χ2n) is 4.16. The standard InChI is InChI=1S/C12H19ClN2OS/c1-3-8(2)11(14)12(16)15-7-6-9-4-5-10(13)17-9/h4-5,8,11H,3,6-7,14H2,1-2H3,(H,15,16)/t8?,11-/m0/s1. The lowest BCUT2D eigenvalue weighted by Gasteiger charge is -2.17. The van der Waals surface area contributed by atoms with Crippen LogP contribution >= 0.6 is 22.9 Å². The molecule has 1 heterocycles. The fourth-order valence-electron chi connectivity index (χ4n) is 1.43. The predicted molar refractivity (Wildman–Crippen MR) is 73.5 cm³/mol. The maximum Gasteiger partial charge on any atom is 0.237 e. The van der Waals surface area contributed by atoms with E-state index < -0.39 is 6.04 Å². The molecule has 1 amide bonds. The Labute approximate surface area is 111 Å². The van der Waals surface area contributed by atoms with E-state index >= 15 is 0 Å². The van der Waals surface area contributed by atoms with Crippen molar-refractivity contribution < 1.29 is 4.79 Å². The van der Waals surface area contributed by atoms with Crippen LogP contribution in [0.15, 0.2) is 12.1 Å². The summed E-state index contributed by atoms with van der Waals surface area (Å²) in [6.45, 7) is 4.63. The van der Waals surface area contributed by atoms with Gasteiger partial charge in [-0.25, -0.2) is 0 Å². The summed E-state index contributed by atoms with van der Waals surface area (Å²) in [6, 6.07) is 3.44. The van der Waals surface area contributed by atoms with Crippen molar-refractivity contribution in [3.63, 3.8) is 0 Å². The quantitative estimate of drug-likeness (QED) is 0.837. The highest BCUT2D eigenvalue weighted by atomic mass is 35.5. The van der Waals surface area contributed by atoms with Crippen LogP contribution in [0.3, 0.4) is 0 Å². The van der Waals surface area contributed by atoms with E-state index in [1.54, 1.807) is 11.3 Å². The van der Waals surface area contributed by atoms with E-state index in [-0.39, 0.29) is 11.8 Å². The van der Waals surface area contributed by atoms with Crippen molar-refractivity contribution in [1.29, 1.82) is 0 Å². The molecule has 0 spiro atoms. The molecule has 5 heteroatoms. The van der Waals surface area contributed by atoms with Crippen molar-refractivity contribution in [1.82, 2.24) is 5.32 Å². The van der Waals surface area contributed by atoms with E-state index in [1.165, 1.54) is 4.88 Å². The van der Waals surface area contributed by atoms with Gasteiger partial charge in [-0.15, -0.1) is 11.3 Å². The molecule has 0 aliphatic heterocycles. The van der Waals surface area contributed by atoms with Crippen molar-refractivity contribution in [3.05, 3.63) is 21.3 Å². The lowest BCUT2D eigenvalue weighted by molar-refractivity contribution is -0.123. The number of thiophene rings is 1. The number of nitrogens with two attached hydrogens (primary N) is 1. The fourth-order valence-corrected chi connectivity index (χ4v) is 2.51. The molecule has 0 saturated carbocycles. The first kappa shape index (κ1) is 14.5. The maximum atomic E-state index is 11.7. The minimum atomic E-state index is -0.410. The number of amides is 1. The van der Waals surface area contributed by atoms with Crippen molar-refractivity contribution in [2.75, 3.05) is 6.54 Å². The van der Waals surface area contributed by atoms with Gasteiger partial charge in [0.2, 0.25) is 5.91 Å². The number of hydrogen-bond acceptors (Lipinski definition) is 3. The molecule has 1 aromatic rings. The first-order chi connectivity index (χ1) is 8.04. The molecule has 17 heavy (non-hydrogen) atoms. The summed E-state index contributed by atoms with van der Waals surface area (Å²) in [5.74, 6) is 0.146. The van der Waals surface area contributed by atoms with E-state index in [0.717, 1.165) is 17.2 Å². The Morgan fingerprint density at radius 2 is 2.29 bits per heavy atom. The van der Waals surface area contributed by atoms with Crippen LogP contribution in [0.2, 0.25) is 4.34 Å². The topological polar surface area (TPSA) is 55.1 Å². The second-order valence-corrected chi connectivity index (χ2v) is 5.96. The van der Waals surface area contributed by atoms with Gasteiger partial charge in [0.1, 0.15) is 0 Å². The Bertz CT molecular complexity index is 367. The first-order valence-corrected chi connectivity index (χ1v) is 7.01. The number of halogens is 1. The maximum absolute atomic E-state index is 11.7. The lowest BCUT2D eigenvalue weighted by Crippen LogP contribution is -2.45. The third-order valence-electron chi connectivity index (χ3n) is 2.86. The average molecular weight is 275 g/mol. The Morgan fingerprint density at radius 3 is 2.82 bits per heavy atom. The zero-order chi connectivity index (χ0) is 12.8. The number of carbonyl (C=O) groups excluding carboxylic acids is 1. The molecular weight excluding hydrogens is 256 g/mol. The highest BCUT2D eigenvalue weighted by Crippen LogP contribution is 2.21. The highest BCUT2D eigenvalue weighted by Gasteiger charge is 2.18. The van der Waals surface area contributed by atoms with Gasteiger partial charge in [0.15, 0.2) is 0 Å². The van der Waals surface area contributed by atoms with Crippen LogP contribution in [0, 0.1) is 5.92 Å². The third-order valence-corrected chi connectivity index (χ3v) is 4.15. The Hall–Kier alpha value is -0.580. The van der Waals surface area contributed by atoms with E-state index in [4.69, 9.17) is 17.3 Å². The molecule has 0 aromatic carbocycles. The summed E-state index contributed by atoms with van der Waals surface area (Å²) in [7, 11) is 0. The summed E-state index contributed by atoms with van der Waals surface area (Å²) in [6.07, 6.45) is 1.71. The smallest absolute Gasteiger partial charge is 0.237 e. The number of hydrogen-bond donors (Lipinski definition) is 2. The molecule has 2 atom stereocenters. The molecule has 0 radical (unpaired) electrons. The molecule has 3 N–H and O–H groups in total. The second kappa shape index (κ2) is 6.99. The van der Waals surface area contributed by atoms with E-state index in [9.17, 15) is 4.79 Å². The minimum absolute atomic E-state index is 0.0676. The summed E-state index contributed by atoms with van der Waals surface area (Å²) in [5, 5.41) is 2.86. The summed E-state index contributed by atoms with van der Waals surface area (Å²) < 4.78 is 0.780. The molecular formula is C12H19ClN2OS. The van der Waals surface area contributed by atoms with Crippen molar-refractivity contribution in [2.45, 2.75) is 32.7 Å². The predicted octanol–water partition coefficient (Wildman–Crippen LogP) is 2.43. The van der Waals surface area contributed by atoms with Gasteiger partial charge in [0, 0.05) is 11.4 Å². The minimum Gasteiger partial charge on any atom is -0.354 e. The average Bonchev–Trinajstić information content (AvgIpc) is 2.72. The SMILES string of the molecule is CCC(C)[C@H](N)C(=O)NCCc1ccc(Cl)s1. The first-order valence-electron chi connectivity index (χ1n) is 5.82. The molecule has 0 saturated heterocycles. The summed E-state index contributed by atoms with van der Waals surface area (Å²) in [5.41, 5.74) is 5.82. The monoisotopic (exact) mass is 274 g/mol. The zero-order valence-electron chi connectivity index (χ0n) is 10.2. The van der Waals surface area contributed by atoms with Crippen LogP contribution in [0.1, 0.15) is 25.1 Å². The van der Waals surface area contributed by atoms with Crippen molar-refractivity contribution in [2.24, 2.45) is 11.7 Å². The van der Waals surface area contributed by atoms with Gasteiger partial charge in [-0.05, 0) is 24.5 Å². The normalized spacial score (nSPS) is 14.4. The van der Waals surface area contributed by atoms with Crippen LogP contribution in [0.5, 0.6) is 0 Å². The molecule has 1 unspecified atom stereocenters. The van der Waals surface area contributed by atoms with Crippen LogP contribution in [-0.2, 0) is 11.2 Å². The molecule has 1 aromatic heterocycles. The highest BCUT2D eigenvalue weighted by molar-refractivity contribution is 7.16. The van der Waals surface area contributed by atoms with Gasteiger partial charge in [-0.1, -0.05) is 31.9 Å². The Kier molecular flexibility index (Phi) is 5.95. The van der Waals surface area contributed by atoms with Gasteiger partial charge < -0.3 is 11.1 Å². The largest absolute Gasteiger partial charge is 0.354 e. The van der Waals surface area contributed by atoms with Crippen LogP contribution in [0.4, 0.5) is 0 Å². The molecule has 0 aliphatic carbocycles. The van der Waals surface area contributed by atoms with Crippen molar-refractivity contribution in [3.8, 4) is 0 Å². The van der Waals surface area contributed by atoms with Gasteiger partial charge in [0.05, 0.1) is 10.4 Å². The number of carbonyl (C=O) groups is 1. The van der Waals surface area contributed by atoms with E-state index in [0.29, 0.717) is 6.54 Å². The number of rotatable bonds is 6. The van der Waals surface area contributed by atoms with Gasteiger partial charge in [0.25, 0.3) is 0 Å². The molecule has 1 rings (SSSR count). The molecule has 96 valence electrons. The summed E-state index contributed by atoms with van der Waals surface area (Å²) >= 11 is 7.37. The van der Waals surface area contributed by atoms with Gasteiger partial charge >= 0.3 is 0 Å². The van der Waals surface area contributed by atoms with Crippen LogP contribution in [0.25, 0.3) is 0 Å². The van der Waals surface area contributed by atoms with Gasteiger partial charge in [-0.2, -0.15) is 0 Å². The molecule has 3 nitrogen and oxygen atoms in total. The molecule has 0 fully saturated rings. The molecule has 0 bridgehead atoms. The van der Waals surface area contributed by atoms with Crippen molar-refractivity contribution >= 4 is 28.8 Å². The molecule has 0 aliphatic rings. The Morgan fingerprint density at radius 1 is 1.59 bits per heavy atom. The third kappa shape index (κ3) is 4.66. The Balaban J connectivity index is 2.29. The fraction of sp³-hybridized carbons (Fsp3) is 0.583. The van der Waals surface area contributed by atoms with Gasteiger partial charge in [-0.3, -0.25) is 4.79 Å². The van der Waals surface area contributed by atoms with Crippen LogP contribution < -0.4 is 11.1 Å². The van der Waals surface area contributed by atoms with E-state index in [2.05, 4.69) is 5.32 Å². The zero-order valence-corrected chi connectivity index (χ0v) is 11.8. The van der Waals surface area contributed by atoms with Crippen LogP contribution in [-0.4, -0.2) is 18.5 Å². The summed E-state index contributed by atoms with van der Waals surface area (Å²) in [4.78, 5) is 12.9.